The molecule has 0 aliphatic heterocycles. The molecule has 3 aromatic carbocycles. The highest BCUT2D eigenvalue weighted by Gasteiger charge is 2.15. The lowest BCUT2D eigenvalue weighted by Gasteiger charge is -2.12. The first kappa shape index (κ1) is 25.2. The zero-order valence-electron chi connectivity index (χ0n) is 19.4. The first-order valence-corrected chi connectivity index (χ1v) is 11.1. The van der Waals surface area contributed by atoms with E-state index in [0.717, 1.165) is 16.7 Å². The number of anilines is 1. The Bertz CT molecular complexity index is 1180. The maximum absolute atomic E-state index is 12.6. The highest BCUT2D eigenvalue weighted by Crippen LogP contribution is 2.15. The summed E-state index contributed by atoms with van der Waals surface area (Å²) in [6.45, 7) is 1.43. The molecule has 0 heterocycles. The van der Waals surface area contributed by atoms with Crippen LogP contribution in [0.5, 0.6) is 0 Å². The number of esters is 1. The van der Waals surface area contributed by atoms with E-state index in [1.165, 1.54) is 0 Å². The molecule has 8 heteroatoms. The first-order valence-electron chi connectivity index (χ1n) is 11.1. The molecule has 0 fully saturated rings. The third-order valence-electron chi connectivity index (χ3n) is 5.02. The van der Waals surface area contributed by atoms with Crippen LogP contribution in [-0.4, -0.2) is 36.8 Å². The highest BCUT2D eigenvalue weighted by molar-refractivity contribution is 6.04. The third-order valence-corrected chi connectivity index (χ3v) is 5.02. The van der Waals surface area contributed by atoms with E-state index < -0.39 is 18.5 Å². The van der Waals surface area contributed by atoms with Crippen molar-refractivity contribution in [2.75, 3.05) is 18.5 Å². The lowest BCUT2D eigenvalue weighted by Crippen LogP contribution is -2.33. The van der Waals surface area contributed by atoms with Crippen molar-refractivity contribution < 1.29 is 23.9 Å². The van der Waals surface area contributed by atoms with Crippen LogP contribution < -0.4 is 16.0 Å². The van der Waals surface area contributed by atoms with Gasteiger partial charge in [0.05, 0.1) is 17.7 Å². The second kappa shape index (κ2) is 12.7. The second-order valence-electron chi connectivity index (χ2n) is 7.86. The van der Waals surface area contributed by atoms with Crippen LogP contribution in [0.25, 0.3) is 0 Å². The quantitative estimate of drug-likeness (QED) is 0.392. The Hall–Kier alpha value is -4.46. The Kier molecular flexibility index (Phi) is 9.13. The molecule has 0 spiro atoms. The summed E-state index contributed by atoms with van der Waals surface area (Å²) in [7, 11) is 0. The van der Waals surface area contributed by atoms with Crippen molar-refractivity contribution in [2.24, 2.45) is 0 Å². The molecule has 0 aliphatic rings. The molecular formula is C27H27N3O5. The maximum atomic E-state index is 12.6. The number of ether oxygens (including phenoxy) is 1. The van der Waals surface area contributed by atoms with Crippen LogP contribution in [0.15, 0.2) is 78.9 Å². The Morgan fingerprint density at radius 3 is 2.17 bits per heavy atom. The van der Waals surface area contributed by atoms with Crippen LogP contribution in [0, 0.1) is 6.92 Å². The number of para-hydroxylation sites is 1. The Morgan fingerprint density at radius 1 is 0.743 bits per heavy atom. The molecule has 8 nitrogen and oxygen atoms in total. The molecule has 180 valence electrons. The van der Waals surface area contributed by atoms with Crippen LogP contribution in [0.2, 0.25) is 0 Å². The van der Waals surface area contributed by atoms with E-state index in [9.17, 15) is 19.2 Å². The van der Waals surface area contributed by atoms with Crippen LogP contribution in [0.3, 0.4) is 0 Å². The fourth-order valence-corrected chi connectivity index (χ4v) is 3.17. The Balaban J connectivity index is 1.44. The zero-order chi connectivity index (χ0) is 25.0. The average molecular weight is 474 g/mol. The molecule has 0 atom stereocenters. The summed E-state index contributed by atoms with van der Waals surface area (Å²) < 4.78 is 4.93. The summed E-state index contributed by atoms with van der Waals surface area (Å²) in [5, 5.41) is 7.87. The fraction of sp³-hybridized carbons (Fsp3) is 0.185. The topological polar surface area (TPSA) is 114 Å². The van der Waals surface area contributed by atoms with Gasteiger partial charge in [-0.15, -0.1) is 0 Å². The predicted octanol–water partition coefficient (Wildman–Crippen LogP) is 2.77. The third kappa shape index (κ3) is 8.43. The molecule has 3 N–H and O–H groups in total. The Labute approximate surface area is 203 Å². The van der Waals surface area contributed by atoms with Gasteiger partial charge >= 0.3 is 5.97 Å². The number of carbonyl (C=O) groups excluding carboxylic acids is 4. The van der Waals surface area contributed by atoms with Crippen molar-refractivity contribution in [1.82, 2.24) is 10.6 Å². The van der Waals surface area contributed by atoms with Gasteiger partial charge in [-0.25, -0.2) is 0 Å². The number of hydrogen-bond donors (Lipinski definition) is 3. The number of aryl methyl sites for hydroxylation is 1. The molecule has 0 unspecified atom stereocenters. The summed E-state index contributed by atoms with van der Waals surface area (Å²) in [4.78, 5) is 48.7. The summed E-state index contributed by atoms with van der Waals surface area (Å²) in [6.07, 6.45) is 0.136. The van der Waals surface area contributed by atoms with Crippen molar-refractivity contribution in [3.63, 3.8) is 0 Å². The number of rotatable bonds is 10. The summed E-state index contributed by atoms with van der Waals surface area (Å²) >= 11 is 0. The molecule has 0 saturated carbocycles. The fourth-order valence-electron chi connectivity index (χ4n) is 3.17. The molecule has 0 aliphatic carbocycles. The van der Waals surface area contributed by atoms with Gasteiger partial charge in [0.25, 0.3) is 11.8 Å². The Morgan fingerprint density at radius 2 is 1.43 bits per heavy atom. The van der Waals surface area contributed by atoms with Crippen LogP contribution in [-0.2, 0) is 32.1 Å². The molecule has 0 aromatic heterocycles. The smallest absolute Gasteiger partial charge is 0.325 e. The van der Waals surface area contributed by atoms with E-state index in [-0.39, 0.29) is 30.3 Å². The minimum Gasteiger partial charge on any atom is -0.454 e. The largest absolute Gasteiger partial charge is 0.454 e. The molecule has 0 saturated heterocycles. The average Bonchev–Trinajstić information content (AvgIpc) is 2.86. The summed E-state index contributed by atoms with van der Waals surface area (Å²) in [5.41, 5.74) is 3.48. The minimum absolute atomic E-state index is 0.136. The molecule has 0 radical (unpaired) electrons. The van der Waals surface area contributed by atoms with E-state index >= 15 is 0 Å². The van der Waals surface area contributed by atoms with E-state index in [1.54, 1.807) is 24.3 Å². The molecule has 0 bridgehead atoms. The summed E-state index contributed by atoms with van der Waals surface area (Å²) in [5.74, 6) is -2.03. The van der Waals surface area contributed by atoms with Gasteiger partial charge in [-0.2, -0.15) is 0 Å². The lowest BCUT2D eigenvalue weighted by atomic mass is 10.1. The van der Waals surface area contributed by atoms with Gasteiger partial charge in [0.15, 0.2) is 6.61 Å². The number of carbonyl (C=O) groups is 4. The van der Waals surface area contributed by atoms with Crippen molar-refractivity contribution in [3.8, 4) is 0 Å². The normalized spacial score (nSPS) is 10.2. The van der Waals surface area contributed by atoms with Crippen molar-refractivity contribution in [3.05, 3.63) is 101 Å². The van der Waals surface area contributed by atoms with E-state index in [0.29, 0.717) is 12.2 Å². The highest BCUT2D eigenvalue weighted by atomic mass is 16.5. The van der Waals surface area contributed by atoms with Gasteiger partial charge in [-0.1, -0.05) is 72.3 Å². The number of hydrogen-bond acceptors (Lipinski definition) is 5. The number of benzene rings is 3. The zero-order valence-corrected chi connectivity index (χ0v) is 19.4. The molecular weight excluding hydrogens is 446 g/mol. The monoisotopic (exact) mass is 473 g/mol. The van der Waals surface area contributed by atoms with Crippen LogP contribution in [0.1, 0.15) is 27.0 Å². The van der Waals surface area contributed by atoms with Crippen LogP contribution in [0.4, 0.5) is 5.69 Å². The van der Waals surface area contributed by atoms with Gasteiger partial charge in [0, 0.05) is 6.54 Å². The lowest BCUT2D eigenvalue weighted by molar-refractivity contribution is -0.147. The molecule has 3 amide bonds. The standard InChI is InChI=1S/C27H27N3O5/c1-19-11-13-21(14-12-19)16-29-27(34)22-9-5-6-10-23(22)30-25(32)18-35-26(33)17-28-24(31)15-20-7-3-2-4-8-20/h2-14H,15-18H2,1H3,(H,28,31)(H,29,34)(H,30,32). The van der Waals surface area contributed by atoms with Crippen LogP contribution >= 0.6 is 0 Å². The maximum Gasteiger partial charge on any atom is 0.325 e. The van der Waals surface area contributed by atoms with E-state index in [4.69, 9.17) is 4.74 Å². The molecule has 3 rings (SSSR count). The van der Waals surface area contributed by atoms with Gasteiger partial charge in [-0.3, -0.25) is 19.2 Å². The van der Waals surface area contributed by atoms with Crippen molar-refractivity contribution >= 4 is 29.4 Å². The van der Waals surface area contributed by atoms with Gasteiger partial charge in [-0.05, 0) is 30.2 Å². The second-order valence-corrected chi connectivity index (χ2v) is 7.86. The molecule has 35 heavy (non-hydrogen) atoms. The minimum atomic E-state index is -0.745. The van der Waals surface area contributed by atoms with E-state index in [1.807, 2.05) is 61.5 Å². The number of nitrogens with one attached hydrogen (secondary N) is 3. The first-order chi connectivity index (χ1) is 16.9. The van der Waals surface area contributed by atoms with Gasteiger partial charge in [0.2, 0.25) is 5.91 Å². The van der Waals surface area contributed by atoms with Crippen molar-refractivity contribution in [2.45, 2.75) is 19.9 Å². The van der Waals surface area contributed by atoms with Gasteiger partial charge in [0.1, 0.15) is 6.54 Å². The van der Waals surface area contributed by atoms with Gasteiger partial charge < -0.3 is 20.7 Å². The summed E-state index contributed by atoms with van der Waals surface area (Å²) in [6, 6.07) is 23.4. The van der Waals surface area contributed by atoms with Crippen molar-refractivity contribution in [1.29, 1.82) is 0 Å². The molecule has 3 aromatic rings. The SMILES string of the molecule is Cc1ccc(CNC(=O)c2ccccc2NC(=O)COC(=O)CNC(=O)Cc2ccccc2)cc1. The number of amides is 3. The predicted molar refractivity (Wildman–Crippen MR) is 132 cm³/mol. The van der Waals surface area contributed by atoms with E-state index in [2.05, 4.69) is 16.0 Å².